The first-order valence-electron chi connectivity index (χ1n) is 9.52. The molecule has 0 spiro atoms. The second kappa shape index (κ2) is 8.64. The number of rotatable bonds is 6. The summed E-state index contributed by atoms with van der Waals surface area (Å²) < 4.78 is 2.08. The van der Waals surface area contributed by atoms with Crippen LogP contribution < -0.4 is 5.56 Å². The van der Waals surface area contributed by atoms with Crippen molar-refractivity contribution in [2.24, 2.45) is 0 Å². The molecule has 0 atom stereocenters. The van der Waals surface area contributed by atoms with E-state index in [1.54, 1.807) is 19.0 Å². The minimum absolute atomic E-state index is 0.0166. The average molecular weight is 430 g/mol. The Hall–Kier alpha value is -2.23. The minimum Gasteiger partial charge on any atom is -0.348 e. The van der Waals surface area contributed by atoms with E-state index in [0.717, 1.165) is 37.2 Å². The molecule has 3 aromatic rings. The van der Waals surface area contributed by atoms with Crippen LogP contribution in [0, 0.1) is 0 Å². The van der Waals surface area contributed by atoms with Crippen molar-refractivity contribution in [3.05, 3.63) is 57.5 Å². The molecule has 1 aromatic carbocycles. The van der Waals surface area contributed by atoms with E-state index in [4.69, 9.17) is 4.98 Å². The Balaban J connectivity index is 1.49. The summed E-state index contributed by atoms with van der Waals surface area (Å²) in [6.45, 7) is 2.42. The maximum Gasteiger partial charge on any atom is 0.279 e. The molecule has 0 aliphatic carbocycles. The van der Waals surface area contributed by atoms with Gasteiger partial charge in [-0.2, -0.15) is 4.52 Å². The zero-order chi connectivity index (χ0) is 20.4. The number of amides is 1. The standard InChI is InChI=1S/C20H23N5O2S2/c1-23(2)17(26)13-28-20-22-25-18(27)15-12-24(10-8-14-6-4-3-5-7-14)11-9-16(15)21-19(25)29-20/h3-7H,8-13H2,1-2H3. The van der Waals surface area contributed by atoms with Gasteiger partial charge < -0.3 is 4.90 Å². The van der Waals surface area contributed by atoms with Crippen molar-refractivity contribution in [1.29, 1.82) is 0 Å². The van der Waals surface area contributed by atoms with Gasteiger partial charge in [-0.15, -0.1) is 5.10 Å². The SMILES string of the molecule is CN(C)C(=O)CSc1nn2c(=O)c3c(nc2s1)CCN(CCc1ccccc1)C3. The van der Waals surface area contributed by atoms with E-state index in [-0.39, 0.29) is 11.5 Å². The highest BCUT2D eigenvalue weighted by Gasteiger charge is 2.23. The fourth-order valence-corrected chi connectivity index (χ4v) is 5.19. The molecule has 2 aromatic heterocycles. The summed E-state index contributed by atoms with van der Waals surface area (Å²) in [5, 5.41) is 4.40. The number of hydrogen-bond donors (Lipinski definition) is 0. The van der Waals surface area contributed by atoms with Crippen LogP contribution in [0.4, 0.5) is 0 Å². The molecular weight excluding hydrogens is 406 g/mol. The molecular formula is C20H23N5O2S2. The topological polar surface area (TPSA) is 70.8 Å². The van der Waals surface area contributed by atoms with Crippen LogP contribution in [0.25, 0.3) is 4.96 Å². The number of fused-ring (bicyclic) bond motifs is 2. The molecule has 3 heterocycles. The molecule has 9 heteroatoms. The highest BCUT2D eigenvalue weighted by atomic mass is 32.2. The van der Waals surface area contributed by atoms with Gasteiger partial charge in [0.1, 0.15) is 0 Å². The maximum absolute atomic E-state index is 13.0. The van der Waals surface area contributed by atoms with Crippen LogP contribution in [0.2, 0.25) is 0 Å². The van der Waals surface area contributed by atoms with Crippen molar-refractivity contribution in [2.45, 2.75) is 23.7 Å². The Bertz CT molecular complexity index is 1080. The molecule has 0 saturated carbocycles. The highest BCUT2D eigenvalue weighted by Crippen LogP contribution is 2.25. The molecule has 4 rings (SSSR count). The van der Waals surface area contributed by atoms with Gasteiger partial charge in [-0.05, 0) is 12.0 Å². The lowest BCUT2D eigenvalue weighted by molar-refractivity contribution is -0.125. The lowest BCUT2D eigenvalue weighted by Gasteiger charge is -2.27. The summed E-state index contributed by atoms with van der Waals surface area (Å²) in [4.78, 5) is 34.0. The number of carbonyl (C=O) groups is 1. The van der Waals surface area contributed by atoms with Crippen molar-refractivity contribution in [3.63, 3.8) is 0 Å². The number of carbonyl (C=O) groups excluding carboxylic acids is 1. The van der Waals surface area contributed by atoms with E-state index in [0.29, 0.717) is 21.6 Å². The predicted octanol–water partition coefficient (Wildman–Crippen LogP) is 1.93. The van der Waals surface area contributed by atoms with Crippen LogP contribution in [0.3, 0.4) is 0 Å². The Morgan fingerprint density at radius 2 is 2.07 bits per heavy atom. The molecule has 1 aliphatic heterocycles. The number of thioether (sulfide) groups is 1. The van der Waals surface area contributed by atoms with Crippen LogP contribution in [0.15, 0.2) is 39.5 Å². The van der Waals surface area contributed by atoms with Crippen molar-refractivity contribution >= 4 is 34.0 Å². The summed E-state index contributed by atoms with van der Waals surface area (Å²) in [5.41, 5.74) is 2.84. The number of nitrogens with zero attached hydrogens (tertiary/aromatic N) is 5. The first kappa shape index (κ1) is 20.1. The molecule has 1 amide bonds. The van der Waals surface area contributed by atoms with Crippen LogP contribution in [0.5, 0.6) is 0 Å². The van der Waals surface area contributed by atoms with Crippen LogP contribution in [-0.2, 0) is 24.2 Å². The molecule has 0 fully saturated rings. The minimum atomic E-state index is -0.0866. The molecule has 29 heavy (non-hydrogen) atoms. The normalized spacial score (nSPS) is 14.1. The summed E-state index contributed by atoms with van der Waals surface area (Å²) in [6, 6.07) is 10.4. The lowest BCUT2D eigenvalue weighted by Crippen LogP contribution is -2.37. The summed E-state index contributed by atoms with van der Waals surface area (Å²) in [5.74, 6) is 0.317. The highest BCUT2D eigenvalue weighted by molar-refractivity contribution is 8.01. The molecule has 0 N–H and O–H groups in total. The quantitative estimate of drug-likeness (QED) is 0.558. The molecule has 1 aliphatic rings. The van der Waals surface area contributed by atoms with Crippen molar-refractivity contribution in [3.8, 4) is 0 Å². The van der Waals surface area contributed by atoms with E-state index in [1.807, 2.05) is 6.07 Å². The Kier molecular flexibility index (Phi) is 5.98. The van der Waals surface area contributed by atoms with Gasteiger partial charge in [0.2, 0.25) is 10.9 Å². The lowest BCUT2D eigenvalue weighted by atomic mass is 10.1. The summed E-state index contributed by atoms with van der Waals surface area (Å²) in [7, 11) is 3.45. The Labute approximate surface area is 177 Å². The molecule has 0 radical (unpaired) electrons. The van der Waals surface area contributed by atoms with Gasteiger partial charge in [0, 0.05) is 40.2 Å². The van der Waals surface area contributed by atoms with E-state index in [1.165, 1.54) is 33.2 Å². The van der Waals surface area contributed by atoms with Gasteiger partial charge in [0.05, 0.1) is 17.0 Å². The fraction of sp³-hybridized carbons (Fsp3) is 0.400. The number of hydrogen-bond acceptors (Lipinski definition) is 7. The van der Waals surface area contributed by atoms with E-state index in [9.17, 15) is 9.59 Å². The van der Waals surface area contributed by atoms with E-state index >= 15 is 0 Å². The molecule has 152 valence electrons. The first-order chi connectivity index (χ1) is 14.0. The number of aromatic nitrogens is 3. The van der Waals surface area contributed by atoms with Gasteiger partial charge in [0.15, 0.2) is 4.34 Å². The average Bonchev–Trinajstić information content (AvgIpc) is 3.14. The van der Waals surface area contributed by atoms with Gasteiger partial charge >= 0.3 is 0 Å². The maximum atomic E-state index is 13.0. The van der Waals surface area contributed by atoms with Gasteiger partial charge in [0.25, 0.3) is 5.56 Å². The van der Waals surface area contributed by atoms with Gasteiger partial charge in [-0.25, -0.2) is 4.98 Å². The van der Waals surface area contributed by atoms with Crippen LogP contribution in [-0.4, -0.2) is 63.2 Å². The second-order valence-electron chi connectivity index (χ2n) is 7.24. The molecule has 0 unspecified atom stereocenters. The van der Waals surface area contributed by atoms with Crippen LogP contribution in [0.1, 0.15) is 16.8 Å². The van der Waals surface area contributed by atoms with Crippen molar-refractivity contribution in [2.75, 3.05) is 32.9 Å². The van der Waals surface area contributed by atoms with E-state index < -0.39 is 0 Å². The van der Waals surface area contributed by atoms with Crippen LogP contribution >= 0.6 is 23.1 Å². The number of benzene rings is 1. The third kappa shape index (κ3) is 4.52. The Morgan fingerprint density at radius 3 is 2.83 bits per heavy atom. The van der Waals surface area contributed by atoms with Gasteiger partial charge in [-0.1, -0.05) is 53.4 Å². The first-order valence-corrected chi connectivity index (χ1v) is 11.3. The zero-order valence-corrected chi connectivity index (χ0v) is 18.1. The third-order valence-corrected chi connectivity index (χ3v) is 7.02. The summed E-state index contributed by atoms with van der Waals surface area (Å²) in [6.07, 6.45) is 1.74. The smallest absolute Gasteiger partial charge is 0.279 e. The van der Waals surface area contributed by atoms with Gasteiger partial charge in [-0.3, -0.25) is 14.5 Å². The van der Waals surface area contributed by atoms with Crippen molar-refractivity contribution in [1.82, 2.24) is 24.4 Å². The molecule has 7 nitrogen and oxygen atoms in total. The fourth-order valence-electron chi connectivity index (χ4n) is 3.27. The predicted molar refractivity (Wildman–Crippen MR) is 116 cm³/mol. The monoisotopic (exact) mass is 429 g/mol. The third-order valence-electron chi connectivity index (χ3n) is 4.99. The molecule has 0 saturated heterocycles. The zero-order valence-electron chi connectivity index (χ0n) is 16.5. The summed E-state index contributed by atoms with van der Waals surface area (Å²) >= 11 is 2.71. The molecule has 0 bridgehead atoms. The Morgan fingerprint density at radius 1 is 1.28 bits per heavy atom. The van der Waals surface area contributed by atoms with E-state index in [2.05, 4.69) is 34.3 Å². The second-order valence-corrected chi connectivity index (χ2v) is 9.42. The largest absolute Gasteiger partial charge is 0.348 e. The van der Waals surface area contributed by atoms with Crippen molar-refractivity contribution < 1.29 is 4.79 Å².